The van der Waals surface area contributed by atoms with Crippen LogP contribution in [0.25, 0.3) is 32.9 Å². The molecule has 1 saturated carbocycles. The minimum atomic E-state index is -1.06. The van der Waals surface area contributed by atoms with Crippen LogP contribution in [0.1, 0.15) is 18.4 Å². The molecule has 11 heteroatoms. The molecule has 3 aliphatic rings. The summed E-state index contributed by atoms with van der Waals surface area (Å²) >= 11 is 6.43. The van der Waals surface area contributed by atoms with Gasteiger partial charge in [-0.15, -0.1) is 6.42 Å². The molecule has 8 nitrogen and oxygen atoms in total. The number of halogens is 3. The van der Waals surface area contributed by atoms with E-state index in [1.54, 1.807) is 24.3 Å². The number of ether oxygens (including phenoxy) is 2. The van der Waals surface area contributed by atoms with Gasteiger partial charge in [0, 0.05) is 41.3 Å². The zero-order valence-electron chi connectivity index (χ0n) is 23.0. The highest BCUT2D eigenvalue weighted by atomic mass is 35.5. The summed E-state index contributed by atoms with van der Waals surface area (Å²) in [7, 11) is 2.05. The molecule has 0 bridgehead atoms. The third-order valence-corrected chi connectivity index (χ3v) is 8.98. The molecule has 4 heterocycles. The zero-order valence-corrected chi connectivity index (χ0v) is 23.7. The predicted molar refractivity (Wildman–Crippen MR) is 159 cm³/mol. The normalized spacial score (nSPS) is 24.0. The summed E-state index contributed by atoms with van der Waals surface area (Å²) in [5.41, 5.74) is 7.46. The lowest BCUT2D eigenvalue weighted by atomic mass is 9.96. The van der Waals surface area contributed by atoms with E-state index in [2.05, 4.69) is 20.8 Å². The first-order valence-electron chi connectivity index (χ1n) is 14.0. The molecule has 0 unspecified atom stereocenters. The second-order valence-corrected chi connectivity index (χ2v) is 11.6. The van der Waals surface area contributed by atoms with Crippen LogP contribution in [-0.4, -0.2) is 78.1 Å². The van der Waals surface area contributed by atoms with Crippen LogP contribution in [0.3, 0.4) is 0 Å². The topological polar surface area (TPSA) is 89.6 Å². The molecule has 0 amide bonds. The van der Waals surface area contributed by atoms with Crippen molar-refractivity contribution in [2.75, 3.05) is 50.6 Å². The summed E-state index contributed by atoms with van der Waals surface area (Å²) in [5, 5.41) is 1.98. The van der Waals surface area contributed by atoms with E-state index in [4.69, 9.17) is 38.2 Å². The van der Waals surface area contributed by atoms with Gasteiger partial charge in [-0.05, 0) is 50.0 Å². The number of likely N-dealkylation sites (N-methyl/N-ethyl adjacent to an activating group) is 1. The molecule has 2 aromatic carbocycles. The van der Waals surface area contributed by atoms with Crippen LogP contribution in [-0.2, 0) is 4.74 Å². The standard InChI is InChI=1S/C31H29ClF2N6O2/c1-3-19-23(32)7-6-16-11-17(35)12-20(24(16)19)27-26(34)28-21(13-36-27)30(40-9-10-41-15-22-25(33)29(22)40)38-31(37-28)42-14-18-5-4-8-39(18)2/h1,6-7,11-13,18,22,25,29H,4-5,8-10,14-15,35H2,2H3/t18-,22-,25-,29-/m0/s1. The van der Waals surface area contributed by atoms with Gasteiger partial charge in [0.15, 0.2) is 5.82 Å². The molecule has 3 fully saturated rings. The first kappa shape index (κ1) is 27.1. The van der Waals surface area contributed by atoms with E-state index < -0.39 is 18.0 Å². The van der Waals surface area contributed by atoms with E-state index in [0.29, 0.717) is 70.2 Å². The fraction of sp³-hybridized carbons (Fsp3) is 0.387. The summed E-state index contributed by atoms with van der Waals surface area (Å²) < 4.78 is 43.2. The van der Waals surface area contributed by atoms with E-state index in [0.717, 1.165) is 19.4 Å². The fourth-order valence-electron chi connectivity index (χ4n) is 6.33. The molecule has 2 saturated heterocycles. The van der Waals surface area contributed by atoms with Gasteiger partial charge in [-0.1, -0.05) is 23.6 Å². The molecule has 4 atom stereocenters. The number of pyridine rings is 1. The number of aromatic nitrogens is 3. The lowest BCUT2D eigenvalue weighted by molar-refractivity contribution is 0.130. The Kier molecular flexibility index (Phi) is 6.76. The molecule has 0 spiro atoms. The highest BCUT2D eigenvalue weighted by molar-refractivity contribution is 6.33. The Bertz CT molecular complexity index is 1760. The summed E-state index contributed by atoms with van der Waals surface area (Å²) in [5.74, 6) is 2.04. The number of nitrogens with two attached hydrogens (primary N) is 1. The van der Waals surface area contributed by atoms with Crippen molar-refractivity contribution >= 4 is 44.8 Å². The highest BCUT2D eigenvalue weighted by Gasteiger charge is 2.56. The van der Waals surface area contributed by atoms with Crippen LogP contribution in [0.5, 0.6) is 6.01 Å². The lowest BCUT2D eigenvalue weighted by Gasteiger charge is -2.25. The molecule has 4 aromatic rings. The monoisotopic (exact) mass is 590 g/mol. The number of anilines is 2. The van der Waals surface area contributed by atoms with Crippen molar-refractivity contribution in [3.05, 3.63) is 46.9 Å². The summed E-state index contributed by atoms with van der Waals surface area (Å²) in [4.78, 5) is 17.8. The van der Waals surface area contributed by atoms with Crippen LogP contribution in [0.15, 0.2) is 30.5 Å². The number of fused-ring (bicyclic) bond motifs is 3. The zero-order chi connectivity index (χ0) is 29.1. The van der Waals surface area contributed by atoms with Crippen molar-refractivity contribution in [3.8, 4) is 29.6 Å². The van der Waals surface area contributed by atoms with Gasteiger partial charge in [-0.2, -0.15) is 9.97 Å². The maximum atomic E-state index is 16.7. The van der Waals surface area contributed by atoms with Crippen molar-refractivity contribution in [3.63, 3.8) is 0 Å². The van der Waals surface area contributed by atoms with Gasteiger partial charge in [0.2, 0.25) is 0 Å². The number of rotatable bonds is 5. The van der Waals surface area contributed by atoms with Crippen molar-refractivity contribution in [2.45, 2.75) is 31.1 Å². The Morgan fingerprint density at radius 1 is 1.26 bits per heavy atom. The average molecular weight is 591 g/mol. The van der Waals surface area contributed by atoms with Crippen molar-refractivity contribution in [1.29, 1.82) is 0 Å². The molecule has 2 aromatic heterocycles. The van der Waals surface area contributed by atoms with Gasteiger partial charge in [-0.3, -0.25) is 4.98 Å². The van der Waals surface area contributed by atoms with E-state index in [1.807, 2.05) is 11.9 Å². The van der Waals surface area contributed by atoms with Crippen molar-refractivity contribution in [1.82, 2.24) is 19.9 Å². The lowest BCUT2D eigenvalue weighted by Crippen LogP contribution is -2.32. The maximum Gasteiger partial charge on any atom is 0.319 e. The Morgan fingerprint density at radius 3 is 2.90 bits per heavy atom. The van der Waals surface area contributed by atoms with Crippen molar-refractivity contribution in [2.24, 2.45) is 5.92 Å². The van der Waals surface area contributed by atoms with Gasteiger partial charge in [-0.25, -0.2) is 8.78 Å². The molecule has 7 rings (SSSR count). The van der Waals surface area contributed by atoms with Gasteiger partial charge in [0.1, 0.15) is 29.8 Å². The number of benzene rings is 2. The second-order valence-electron chi connectivity index (χ2n) is 11.2. The van der Waals surface area contributed by atoms with E-state index in [-0.39, 0.29) is 29.2 Å². The summed E-state index contributed by atoms with van der Waals surface area (Å²) in [6, 6.07) is 6.65. The summed E-state index contributed by atoms with van der Waals surface area (Å²) in [6.07, 6.45) is 8.34. The van der Waals surface area contributed by atoms with Crippen LogP contribution in [0, 0.1) is 24.1 Å². The van der Waals surface area contributed by atoms with Gasteiger partial charge >= 0.3 is 6.01 Å². The van der Waals surface area contributed by atoms with E-state index in [9.17, 15) is 4.39 Å². The molecule has 216 valence electrons. The molecule has 1 aliphatic carbocycles. The van der Waals surface area contributed by atoms with E-state index in [1.165, 1.54) is 6.20 Å². The summed E-state index contributed by atoms with van der Waals surface area (Å²) in [6.45, 7) is 2.46. The highest BCUT2D eigenvalue weighted by Crippen LogP contribution is 2.45. The third-order valence-electron chi connectivity index (χ3n) is 8.66. The predicted octanol–water partition coefficient (Wildman–Crippen LogP) is 4.85. The van der Waals surface area contributed by atoms with Gasteiger partial charge in [0.05, 0.1) is 35.2 Å². The quantitative estimate of drug-likeness (QED) is 0.261. The number of nitrogens with zero attached hydrogens (tertiary/aromatic N) is 5. The average Bonchev–Trinajstić information content (AvgIpc) is 3.52. The molecule has 2 N–H and O–H groups in total. The SMILES string of the molecule is C#Cc1c(Cl)ccc2cc(N)cc(-c3ncc4c(N5CCOC[C@H]6[C@H](F)[C@H]65)nc(OC[C@@H]5CCCN5C)nc4c3F)c12. The Labute approximate surface area is 246 Å². The smallest absolute Gasteiger partial charge is 0.319 e. The van der Waals surface area contributed by atoms with Crippen LogP contribution in [0.2, 0.25) is 5.02 Å². The minimum Gasteiger partial charge on any atom is -0.462 e. The van der Waals surface area contributed by atoms with Crippen LogP contribution >= 0.6 is 11.6 Å². The fourth-order valence-corrected chi connectivity index (χ4v) is 6.54. The van der Waals surface area contributed by atoms with E-state index >= 15 is 4.39 Å². The number of terminal acetylenes is 1. The third kappa shape index (κ3) is 4.47. The second kappa shape index (κ2) is 10.5. The number of likely N-dealkylation sites (tertiary alicyclic amines) is 1. The maximum absolute atomic E-state index is 16.7. The molecule has 42 heavy (non-hydrogen) atoms. The largest absolute Gasteiger partial charge is 0.462 e. The molecular formula is C31H29ClF2N6O2. The molecular weight excluding hydrogens is 562 g/mol. The number of hydrogen-bond donors (Lipinski definition) is 1. The van der Waals surface area contributed by atoms with Crippen LogP contribution in [0.4, 0.5) is 20.3 Å². The Balaban J connectivity index is 1.41. The molecule has 0 radical (unpaired) electrons. The Morgan fingerprint density at radius 2 is 2.12 bits per heavy atom. The van der Waals surface area contributed by atoms with Gasteiger partial charge in [0.25, 0.3) is 0 Å². The number of hydrogen-bond acceptors (Lipinski definition) is 8. The van der Waals surface area contributed by atoms with Gasteiger partial charge < -0.3 is 25.0 Å². The Hall–Kier alpha value is -3.78. The van der Waals surface area contributed by atoms with Crippen LogP contribution < -0.4 is 15.4 Å². The first-order valence-corrected chi connectivity index (χ1v) is 14.4. The number of alkyl halides is 1. The molecule has 2 aliphatic heterocycles. The number of nitrogen functional groups attached to an aromatic ring is 1. The first-order chi connectivity index (χ1) is 20.4. The minimum absolute atomic E-state index is 0.0107. The van der Waals surface area contributed by atoms with Crippen molar-refractivity contribution < 1.29 is 18.3 Å².